The molecule has 0 aromatic heterocycles. The molecular weight excluding hydrogens is 238 g/mol. The second-order valence-electron chi connectivity index (χ2n) is 7.29. The highest BCUT2D eigenvalue weighted by molar-refractivity contribution is 6.06. The molecule has 1 saturated heterocycles. The molecule has 0 radical (unpaired) electrons. The summed E-state index contributed by atoms with van der Waals surface area (Å²) in [5.41, 5.74) is 0. The molecule has 3 heteroatoms. The molecule has 0 N–H and O–H groups in total. The zero-order chi connectivity index (χ0) is 12.7. The largest absolute Gasteiger partial charge is 0.279 e. The number of allylic oxidation sites excluding steroid dienone is 2. The average molecular weight is 257 g/mol. The van der Waals surface area contributed by atoms with E-state index in [1.54, 1.807) is 4.90 Å². The van der Waals surface area contributed by atoms with Gasteiger partial charge in [-0.2, -0.15) is 0 Å². The molecule has 2 amide bonds. The van der Waals surface area contributed by atoms with E-state index < -0.39 is 0 Å². The second-order valence-corrected chi connectivity index (χ2v) is 7.29. The Morgan fingerprint density at radius 3 is 2.11 bits per heavy atom. The summed E-state index contributed by atoms with van der Waals surface area (Å²) in [6, 6.07) is 0.253. The van der Waals surface area contributed by atoms with Gasteiger partial charge in [-0.3, -0.25) is 14.5 Å². The number of amides is 2. The minimum Gasteiger partial charge on any atom is -0.279 e. The number of carbonyl (C=O) groups is 2. The molecule has 4 aliphatic carbocycles. The molecule has 1 aliphatic heterocycles. The number of carbonyl (C=O) groups excluding carboxylic acids is 2. The first kappa shape index (κ1) is 10.6. The lowest BCUT2D eigenvalue weighted by Crippen LogP contribution is -2.44. The van der Waals surface area contributed by atoms with E-state index in [1.165, 1.54) is 19.3 Å². The number of hydrogen-bond acceptors (Lipinski definition) is 2. The molecular formula is C16H19NO2. The molecule has 19 heavy (non-hydrogen) atoms. The van der Waals surface area contributed by atoms with Gasteiger partial charge in [0, 0.05) is 6.04 Å². The van der Waals surface area contributed by atoms with Crippen molar-refractivity contribution in [3.63, 3.8) is 0 Å². The maximum atomic E-state index is 12.7. The van der Waals surface area contributed by atoms with Gasteiger partial charge in [0.2, 0.25) is 11.8 Å². The molecule has 0 aromatic carbocycles. The summed E-state index contributed by atoms with van der Waals surface area (Å²) in [6.07, 6.45) is 10.3. The van der Waals surface area contributed by atoms with Crippen molar-refractivity contribution in [2.75, 3.05) is 0 Å². The molecule has 0 unspecified atom stereocenters. The van der Waals surface area contributed by atoms with E-state index in [2.05, 4.69) is 12.2 Å². The predicted octanol–water partition coefficient (Wildman–Crippen LogP) is 1.98. The molecule has 5 aliphatic rings. The Balaban J connectivity index is 1.50. The standard InChI is InChI=1S/C16H19NO2/c18-15-13-10-3-4-11(7-10)14(13)16(19)17(15)12-6-8-1-2-9(12)5-8/h3-4,8-14H,1-2,5-7H2/t8-,9+,10-,11-,12-,13-,14+/m0/s1. The smallest absolute Gasteiger partial charge is 0.233 e. The van der Waals surface area contributed by atoms with Crippen molar-refractivity contribution in [2.45, 2.75) is 38.1 Å². The van der Waals surface area contributed by atoms with Crippen LogP contribution in [0.15, 0.2) is 12.2 Å². The highest BCUT2D eigenvalue weighted by atomic mass is 16.2. The van der Waals surface area contributed by atoms with Gasteiger partial charge in [-0.15, -0.1) is 0 Å². The van der Waals surface area contributed by atoms with Crippen molar-refractivity contribution in [1.29, 1.82) is 0 Å². The van der Waals surface area contributed by atoms with Gasteiger partial charge in [0.05, 0.1) is 11.8 Å². The van der Waals surface area contributed by atoms with Crippen LogP contribution in [0.2, 0.25) is 0 Å². The van der Waals surface area contributed by atoms with Crippen LogP contribution in [0, 0.1) is 35.5 Å². The monoisotopic (exact) mass is 257 g/mol. The van der Waals surface area contributed by atoms with Crippen molar-refractivity contribution in [2.24, 2.45) is 35.5 Å². The maximum Gasteiger partial charge on any atom is 0.233 e. The van der Waals surface area contributed by atoms with Crippen LogP contribution in [0.4, 0.5) is 0 Å². The Labute approximate surface area is 113 Å². The third kappa shape index (κ3) is 1.16. The Hall–Kier alpha value is -1.12. The van der Waals surface area contributed by atoms with E-state index in [4.69, 9.17) is 0 Å². The zero-order valence-corrected chi connectivity index (χ0v) is 11.0. The first-order valence-corrected chi connectivity index (χ1v) is 7.79. The van der Waals surface area contributed by atoms with Gasteiger partial charge in [0.25, 0.3) is 0 Å². The Kier molecular flexibility index (Phi) is 1.85. The van der Waals surface area contributed by atoms with Crippen molar-refractivity contribution in [3.8, 4) is 0 Å². The van der Waals surface area contributed by atoms with Crippen LogP contribution in [-0.2, 0) is 9.59 Å². The average Bonchev–Trinajstić information content (AvgIpc) is 3.16. The van der Waals surface area contributed by atoms with Gasteiger partial charge in [-0.1, -0.05) is 18.6 Å². The minimum absolute atomic E-state index is 0.00151. The van der Waals surface area contributed by atoms with Crippen molar-refractivity contribution in [3.05, 3.63) is 12.2 Å². The number of imide groups is 1. The van der Waals surface area contributed by atoms with Crippen LogP contribution >= 0.6 is 0 Å². The molecule has 0 spiro atoms. The Morgan fingerprint density at radius 2 is 1.58 bits per heavy atom. The fourth-order valence-electron chi connectivity index (χ4n) is 5.78. The number of nitrogens with zero attached hydrogens (tertiary/aromatic N) is 1. The molecule has 7 atom stereocenters. The molecule has 0 aromatic rings. The van der Waals surface area contributed by atoms with Crippen LogP contribution in [-0.4, -0.2) is 22.8 Å². The topological polar surface area (TPSA) is 37.4 Å². The normalized spacial score (nSPS) is 53.7. The summed E-state index contributed by atoms with van der Waals surface area (Å²) in [4.78, 5) is 27.2. The third-order valence-corrected chi connectivity index (χ3v) is 6.54. The first-order chi connectivity index (χ1) is 9.24. The molecule has 100 valence electrons. The quantitative estimate of drug-likeness (QED) is 0.532. The highest BCUT2D eigenvalue weighted by Crippen LogP contribution is 2.55. The van der Waals surface area contributed by atoms with Gasteiger partial charge >= 0.3 is 0 Å². The van der Waals surface area contributed by atoms with Crippen molar-refractivity contribution < 1.29 is 9.59 Å². The molecule has 1 heterocycles. The summed E-state index contributed by atoms with van der Waals surface area (Å²) in [7, 11) is 0. The van der Waals surface area contributed by atoms with Gasteiger partial charge in [0.1, 0.15) is 0 Å². The summed E-state index contributed by atoms with van der Waals surface area (Å²) in [5.74, 6) is 2.45. The predicted molar refractivity (Wildman–Crippen MR) is 68.8 cm³/mol. The molecule has 4 fully saturated rings. The van der Waals surface area contributed by atoms with E-state index in [9.17, 15) is 9.59 Å². The first-order valence-electron chi connectivity index (χ1n) is 7.79. The minimum atomic E-state index is 0.00151. The number of rotatable bonds is 1. The fourth-order valence-corrected chi connectivity index (χ4v) is 5.78. The maximum absolute atomic E-state index is 12.7. The van der Waals surface area contributed by atoms with Gasteiger partial charge < -0.3 is 0 Å². The van der Waals surface area contributed by atoms with Crippen LogP contribution in [0.5, 0.6) is 0 Å². The lowest BCUT2D eigenvalue weighted by atomic mass is 9.85. The van der Waals surface area contributed by atoms with E-state index in [-0.39, 0.29) is 29.7 Å². The fraction of sp³-hybridized carbons (Fsp3) is 0.750. The lowest BCUT2D eigenvalue weighted by molar-refractivity contribution is -0.144. The molecule has 3 saturated carbocycles. The third-order valence-electron chi connectivity index (χ3n) is 6.54. The van der Waals surface area contributed by atoms with Crippen LogP contribution < -0.4 is 0 Å². The van der Waals surface area contributed by atoms with Gasteiger partial charge in [-0.25, -0.2) is 0 Å². The van der Waals surface area contributed by atoms with Crippen LogP contribution in [0.1, 0.15) is 32.1 Å². The number of fused-ring (bicyclic) bond motifs is 7. The van der Waals surface area contributed by atoms with Crippen LogP contribution in [0.3, 0.4) is 0 Å². The van der Waals surface area contributed by atoms with Gasteiger partial charge in [-0.05, 0) is 49.4 Å². The highest BCUT2D eigenvalue weighted by Gasteiger charge is 2.61. The molecule has 3 nitrogen and oxygen atoms in total. The van der Waals surface area contributed by atoms with E-state index in [0.29, 0.717) is 17.8 Å². The number of likely N-dealkylation sites (tertiary alicyclic amines) is 1. The van der Waals surface area contributed by atoms with Crippen molar-refractivity contribution >= 4 is 11.8 Å². The summed E-state index contributed by atoms with van der Waals surface area (Å²) < 4.78 is 0. The summed E-state index contributed by atoms with van der Waals surface area (Å²) in [5, 5.41) is 0. The Morgan fingerprint density at radius 1 is 0.895 bits per heavy atom. The summed E-state index contributed by atoms with van der Waals surface area (Å²) in [6.45, 7) is 0. The van der Waals surface area contributed by atoms with Crippen LogP contribution in [0.25, 0.3) is 0 Å². The molecule has 4 bridgehead atoms. The van der Waals surface area contributed by atoms with Gasteiger partial charge in [0.15, 0.2) is 0 Å². The van der Waals surface area contributed by atoms with Crippen molar-refractivity contribution in [1.82, 2.24) is 4.90 Å². The summed E-state index contributed by atoms with van der Waals surface area (Å²) >= 11 is 0. The SMILES string of the molecule is O=C1[C@@H]2[C@H](C(=O)N1[C@H]1C[C@H]3CC[C@@H]1C3)[C@H]1C=C[C@H]2C1. The number of hydrogen-bond donors (Lipinski definition) is 0. The zero-order valence-electron chi connectivity index (χ0n) is 11.0. The second kappa shape index (κ2) is 3.31. The van der Waals surface area contributed by atoms with E-state index in [1.807, 2.05) is 0 Å². The lowest BCUT2D eigenvalue weighted by Gasteiger charge is -2.31. The Bertz CT molecular complexity index is 481. The van der Waals surface area contributed by atoms with E-state index >= 15 is 0 Å². The van der Waals surface area contributed by atoms with E-state index in [0.717, 1.165) is 18.8 Å². The molecule has 5 rings (SSSR count).